The average Bonchev–Trinajstić information content (AvgIpc) is 2.77. The molecule has 0 bridgehead atoms. The van der Waals surface area contributed by atoms with Crippen LogP contribution in [0.3, 0.4) is 0 Å². The quantitative estimate of drug-likeness (QED) is 0.731. The molecule has 108 valence electrons. The molecule has 0 radical (unpaired) electrons. The predicted octanol–water partition coefficient (Wildman–Crippen LogP) is 3.88. The summed E-state index contributed by atoms with van der Waals surface area (Å²) in [6.45, 7) is 5.75. The van der Waals surface area contributed by atoms with Gasteiger partial charge in [-0.15, -0.1) is 0 Å². The maximum Gasteiger partial charge on any atom is 0.262 e. The minimum Gasteiger partial charge on any atom is -0.466 e. The molecule has 21 heavy (non-hydrogen) atoms. The van der Waals surface area contributed by atoms with Crippen LogP contribution < -0.4 is 5.56 Å². The van der Waals surface area contributed by atoms with Crippen LogP contribution >= 0.6 is 12.2 Å². The fourth-order valence-corrected chi connectivity index (χ4v) is 3.08. The first-order chi connectivity index (χ1) is 9.99. The minimum atomic E-state index is -0.177. The van der Waals surface area contributed by atoms with Crippen LogP contribution in [0.2, 0.25) is 0 Å². The molecule has 3 rings (SSSR count). The second-order valence-electron chi connectivity index (χ2n) is 5.20. The van der Waals surface area contributed by atoms with E-state index in [1.54, 1.807) is 10.6 Å². The van der Waals surface area contributed by atoms with Crippen molar-refractivity contribution < 1.29 is 4.42 Å². The van der Waals surface area contributed by atoms with Crippen LogP contribution in [-0.2, 0) is 0 Å². The van der Waals surface area contributed by atoms with Gasteiger partial charge in [0, 0.05) is 5.56 Å². The van der Waals surface area contributed by atoms with Crippen molar-refractivity contribution in [2.45, 2.75) is 26.8 Å². The van der Waals surface area contributed by atoms with Crippen molar-refractivity contribution in [3.63, 3.8) is 0 Å². The summed E-state index contributed by atoms with van der Waals surface area (Å²) < 4.78 is 7.59. The van der Waals surface area contributed by atoms with Crippen LogP contribution in [0.1, 0.15) is 30.0 Å². The molecule has 4 nitrogen and oxygen atoms in total. The van der Waals surface area contributed by atoms with Crippen LogP contribution in [-0.4, -0.2) is 9.55 Å². The molecule has 0 amide bonds. The highest BCUT2D eigenvalue weighted by Crippen LogP contribution is 2.24. The van der Waals surface area contributed by atoms with E-state index in [0.29, 0.717) is 10.2 Å². The first-order valence-corrected chi connectivity index (χ1v) is 7.20. The number of aromatic nitrogens is 2. The van der Waals surface area contributed by atoms with Gasteiger partial charge in [-0.25, -0.2) is 0 Å². The Morgan fingerprint density at radius 2 is 2.00 bits per heavy atom. The van der Waals surface area contributed by atoms with Crippen LogP contribution in [0.4, 0.5) is 0 Å². The zero-order valence-electron chi connectivity index (χ0n) is 12.1. The normalized spacial score (nSPS) is 12.7. The molecule has 0 aliphatic carbocycles. The molecule has 0 saturated carbocycles. The molecule has 0 aliphatic heterocycles. The third-order valence-corrected chi connectivity index (χ3v) is 4.05. The van der Waals surface area contributed by atoms with E-state index in [1.165, 1.54) is 0 Å². The lowest BCUT2D eigenvalue weighted by Crippen LogP contribution is -2.26. The number of hydrogen-bond acceptors (Lipinski definition) is 3. The Labute approximate surface area is 127 Å². The number of benzene rings is 1. The summed E-state index contributed by atoms with van der Waals surface area (Å²) in [6, 6.07) is 9.17. The third-order valence-electron chi connectivity index (χ3n) is 3.75. The van der Waals surface area contributed by atoms with Gasteiger partial charge in [-0.1, -0.05) is 12.1 Å². The number of hydrogen-bond donors (Lipinski definition) is 1. The Kier molecular flexibility index (Phi) is 3.29. The highest BCUT2D eigenvalue weighted by Gasteiger charge is 2.17. The molecule has 5 heteroatoms. The first kappa shape index (κ1) is 13.8. The van der Waals surface area contributed by atoms with Gasteiger partial charge >= 0.3 is 0 Å². The van der Waals surface area contributed by atoms with E-state index < -0.39 is 0 Å². The Balaban J connectivity index is 2.28. The lowest BCUT2D eigenvalue weighted by atomic mass is 10.1. The summed E-state index contributed by atoms with van der Waals surface area (Å²) >= 11 is 5.37. The van der Waals surface area contributed by atoms with E-state index in [2.05, 4.69) is 4.98 Å². The fraction of sp³-hybridized carbons (Fsp3) is 0.250. The van der Waals surface area contributed by atoms with Crippen molar-refractivity contribution in [2.24, 2.45) is 0 Å². The Morgan fingerprint density at radius 3 is 2.67 bits per heavy atom. The standard InChI is InChI=1S/C16H16N2O2S/c1-9-8-13(11(3)20-9)10(2)18-15(19)12-6-4-5-7-14(12)17-16(18)21/h4-8,10H,1-3H3,(H,17,21). The van der Waals surface area contributed by atoms with Crippen molar-refractivity contribution in [2.75, 3.05) is 0 Å². The fourth-order valence-electron chi connectivity index (χ4n) is 2.73. The molecule has 0 fully saturated rings. The molecular weight excluding hydrogens is 284 g/mol. The molecule has 1 unspecified atom stereocenters. The third kappa shape index (κ3) is 2.23. The lowest BCUT2D eigenvalue weighted by Gasteiger charge is -2.15. The molecule has 0 spiro atoms. The molecule has 3 aromatic rings. The zero-order chi connectivity index (χ0) is 15.1. The Bertz CT molecular complexity index is 933. The zero-order valence-corrected chi connectivity index (χ0v) is 13.0. The van der Waals surface area contributed by atoms with Gasteiger partial charge in [0.2, 0.25) is 0 Å². The van der Waals surface area contributed by atoms with Gasteiger partial charge in [-0.05, 0) is 51.2 Å². The Hall–Kier alpha value is -2.14. The monoisotopic (exact) mass is 300 g/mol. The molecule has 0 saturated heterocycles. The van der Waals surface area contributed by atoms with Crippen molar-refractivity contribution >= 4 is 23.1 Å². The number of furan rings is 1. The van der Waals surface area contributed by atoms with Crippen molar-refractivity contribution in [1.29, 1.82) is 0 Å². The average molecular weight is 300 g/mol. The minimum absolute atomic E-state index is 0.0832. The maximum atomic E-state index is 12.7. The van der Waals surface area contributed by atoms with Crippen LogP contribution in [0, 0.1) is 18.6 Å². The second-order valence-corrected chi connectivity index (χ2v) is 5.58. The summed E-state index contributed by atoms with van der Waals surface area (Å²) in [7, 11) is 0. The predicted molar refractivity (Wildman–Crippen MR) is 85.4 cm³/mol. The SMILES string of the molecule is Cc1cc(C(C)n2c(=S)[nH]c3ccccc3c2=O)c(C)o1. The van der Waals surface area contributed by atoms with E-state index in [1.807, 2.05) is 45.0 Å². The van der Waals surface area contributed by atoms with E-state index >= 15 is 0 Å². The van der Waals surface area contributed by atoms with E-state index in [9.17, 15) is 4.79 Å². The van der Waals surface area contributed by atoms with Crippen LogP contribution in [0.5, 0.6) is 0 Å². The number of aromatic amines is 1. The highest BCUT2D eigenvalue weighted by atomic mass is 32.1. The Morgan fingerprint density at radius 1 is 1.29 bits per heavy atom. The molecular formula is C16H16N2O2S. The highest BCUT2D eigenvalue weighted by molar-refractivity contribution is 7.71. The molecule has 0 aliphatic rings. The van der Waals surface area contributed by atoms with Gasteiger partial charge in [0.05, 0.1) is 16.9 Å². The van der Waals surface area contributed by atoms with Gasteiger partial charge in [0.25, 0.3) is 5.56 Å². The molecule has 2 heterocycles. The summed E-state index contributed by atoms with van der Waals surface area (Å²) in [5, 5.41) is 0.635. The van der Waals surface area contributed by atoms with E-state index in [0.717, 1.165) is 22.6 Å². The van der Waals surface area contributed by atoms with Gasteiger partial charge in [0.15, 0.2) is 4.77 Å². The molecule has 1 aromatic carbocycles. The summed E-state index contributed by atoms with van der Waals surface area (Å²) in [6.07, 6.45) is 0. The number of para-hydroxylation sites is 1. The molecule has 1 N–H and O–H groups in total. The van der Waals surface area contributed by atoms with E-state index in [4.69, 9.17) is 16.6 Å². The van der Waals surface area contributed by atoms with Crippen molar-refractivity contribution in [1.82, 2.24) is 9.55 Å². The van der Waals surface area contributed by atoms with Crippen LogP contribution in [0.15, 0.2) is 39.5 Å². The number of aryl methyl sites for hydroxylation is 2. The summed E-state index contributed by atoms with van der Waals surface area (Å²) in [5.74, 6) is 1.65. The number of nitrogens with one attached hydrogen (secondary N) is 1. The largest absolute Gasteiger partial charge is 0.466 e. The number of fused-ring (bicyclic) bond motifs is 1. The topological polar surface area (TPSA) is 50.9 Å². The van der Waals surface area contributed by atoms with Gasteiger partial charge < -0.3 is 9.40 Å². The van der Waals surface area contributed by atoms with Gasteiger partial charge in [-0.2, -0.15) is 0 Å². The van der Waals surface area contributed by atoms with Crippen molar-refractivity contribution in [3.05, 3.63) is 62.5 Å². The summed E-state index contributed by atoms with van der Waals surface area (Å²) in [4.78, 5) is 15.9. The number of H-pyrrole nitrogens is 1. The molecule has 1 atom stereocenters. The van der Waals surface area contributed by atoms with Gasteiger partial charge in [0.1, 0.15) is 11.5 Å². The lowest BCUT2D eigenvalue weighted by molar-refractivity contribution is 0.492. The van der Waals surface area contributed by atoms with Crippen LogP contribution in [0.25, 0.3) is 10.9 Å². The maximum absolute atomic E-state index is 12.7. The van der Waals surface area contributed by atoms with Gasteiger partial charge in [-0.3, -0.25) is 9.36 Å². The van der Waals surface area contributed by atoms with E-state index in [-0.39, 0.29) is 11.6 Å². The number of nitrogens with zero attached hydrogens (tertiary/aromatic N) is 1. The second kappa shape index (κ2) is 5.00. The van der Waals surface area contributed by atoms with Crippen molar-refractivity contribution in [3.8, 4) is 0 Å². The summed E-state index contributed by atoms with van der Waals surface area (Å²) in [5.41, 5.74) is 1.65. The molecule has 2 aromatic heterocycles. The number of rotatable bonds is 2. The first-order valence-electron chi connectivity index (χ1n) is 6.79. The smallest absolute Gasteiger partial charge is 0.262 e.